The molecule has 1 aliphatic rings. The van der Waals surface area contributed by atoms with E-state index in [1.54, 1.807) is 18.2 Å². The minimum absolute atomic E-state index is 0.0552. The maximum atomic E-state index is 12.8. The van der Waals surface area contributed by atoms with E-state index >= 15 is 0 Å². The van der Waals surface area contributed by atoms with Crippen LogP contribution in [0.4, 0.5) is 0 Å². The van der Waals surface area contributed by atoms with Crippen LogP contribution >= 0.6 is 11.8 Å². The highest BCUT2D eigenvalue weighted by molar-refractivity contribution is 8.01. The van der Waals surface area contributed by atoms with Crippen molar-refractivity contribution in [3.05, 3.63) is 24.3 Å². The predicted molar refractivity (Wildman–Crippen MR) is 103 cm³/mol. The van der Waals surface area contributed by atoms with Gasteiger partial charge in [-0.05, 0) is 51.4 Å². The summed E-state index contributed by atoms with van der Waals surface area (Å²) in [6.07, 6.45) is 2.50. The molecule has 1 N–H and O–H groups in total. The summed E-state index contributed by atoms with van der Waals surface area (Å²) in [6, 6.07) is 7.25. The van der Waals surface area contributed by atoms with Crippen LogP contribution in [0.3, 0.4) is 0 Å². The molecule has 1 aromatic rings. The molecule has 1 unspecified atom stereocenters. The lowest BCUT2D eigenvalue weighted by molar-refractivity contribution is -0.131. The number of thioether (sulfide) groups is 1. The fourth-order valence-corrected chi connectivity index (χ4v) is 6.02. The fraction of sp³-hybridized carbons (Fsp3) is 0.611. The van der Waals surface area contributed by atoms with Crippen molar-refractivity contribution in [1.82, 2.24) is 10.2 Å². The lowest BCUT2D eigenvalue weighted by Crippen LogP contribution is -2.46. The summed E-state index contributed by atoms with van der Waals surface area (Å²) in [6.45, 7) is 5.57. The number of sulfone groups is 1. The summed E-state index contributed by atoms with van der Waals surface area (Å²) in [5, 5.41) is 2.98. The van der Waals surface area contributed by atoms with E-state index in [1.165, 1.54) is 11.8 Å². The van der Waals surface area contributed by atoms with Gasteiger partial charge in [-0.3, -0.25) is 4.79 Å². The number of piperidine rings is 1. The Hall–Kier alpha value is -1.05. The second kappa shape index (κ2) is 9.05. The van der Waals surface area contributed by atoms with Crippen molar-refractivity contribution in [2.24, 2.45) is 0 Å². The van der Waals surface area contributed by atoms with Crippen molar-refractivity contribution >= 4 is 27.5 Å². The van der Waals surface area contributed by atoms with Gasteiger partial charge in [-0.15, -0.1) is 11.8 Å². The normalized spacial score (nSPS) is 17.2. The molecule has 7 heteroatoms. The van der Waals surface area contributed by atoms with Crippen LogP contribution in [-0.4, -0.2) is 56.4 Å². The molecule has 1 aliphatic heterocycles. The smallest absolute Gasteiger partial charge is 0.235 e. The number of hydrogen-bond donors (Lipinski definition) is 1. The molecule has 1 saturated heterocycles. The minimum Gasteiger partial charge on any atom is -0.342 e. The number of rotatable bonds is 7. The molecule has 1 fully saturated rings. The Balaban J connectivity index is 2.12. The molecule has 5 nitrogen and oxygen atoms in total. The van der Waals surface area contributed by atoms with Crippen molar-refractivity contribution in [2.45, 2.75) is 54.2 Å². The summed E-state index contributed by atoms with van der Waals surface area (Å²) in [7, 11) is -1.45. The molecule has 2 rings (SSSR count). The van der Waals surface area contributed by atoms with E-state index in [-0.39, 0.29) is 23.0 Å². The van der Waals surface area contributed by atoms with E-state index in [2.05, 4.69) is 5.32 Å². The summed E-state index contributed by atoms with van der Waals surface area (Å²) in [5.41, 5.74) is 0. The van der Waals surface area contributed by atoms with Gasteiger partial charge >= 0.3 is 0 Å². The van der Waals surface area contributed by atoms with Gasteiger partial charge in [0.1, 0.15) is 0 Å². The number of hydrogen-bond acceptors (Lipinski definition) is 5. The molecule has 0 radical (unpaired) electrons. The van der Waals surface area contributed by atoms with Crippen molar-refractivity contribution in [1.29, 1.82) is 0 Å². The topological polar surface area (TPSA) is 66.5 Å². The Morgan fingerprint density at radius 3 is 2.60 bits per heavy atom. The Labute approximate surface area is 155 Å². The van der Waals surface area contributed by atoms with E-state index in [9.17, 15) is 13.2 Å². The quantitative estimate of drug-likeness (QED) is 0.732. The van der Waals surface area contributed by atoms with Crippen molar-refractivity contribution in [3.63, 3.8) is 0 Å². The fourth-order valence-electron chi connectivity index (χ4n) is 3.08. The second-order valence-electron chi connectivity index (χ2n) is 6.46. The van der Waals surface area contributed by atoms with Crippen LogP contribution in [0, 0.1) is 0 Å². The van der Waals surface area contributed by atoms with Gasteiger partial charge in [0.2, 0.25) is 5.91 Å². The van der Waals surface area contributed by atoms with Crippen LogP contribution in [0.25, 0.3) is 0 Å². The first-order valence-corrected chi connectivity index (χ1v) is 11.4. The predicted octanol–water partition coefficient (Wildman–Crippen LogP) is 2.56. The zero-order chi connectivity index (χ0) is 18.4. The number of carbonyl (C=O) groups excluding carboxylic acids is 1. The number of nitrogens with zero attached hydrogens (tertiary/aromatic N) is 1. The van der Waals surface area contributed by atoms with E-state index in [4.69, 9.17) is 0 Å². The van der Waals surface area contributed by atoms with Gasteiger partial charge in [0.05, 0.1) is 15.9 Å². The third-order valence-corrected chi connectivity index (χ3v) is 7.78. The number of amides is 1. The molecular weight excluding hydrogens is 356 g/mol. The van der Waals surface area contributed by atoms with Crippen LogP contribution in [-0.2, 0) is 14.6 Å². The zero-order valence-corrected chi connectivity index (χ0v) is 16.8. The highest BCUT2D eigenvalue weighted by Gasteiger charge is 2.27. The van der Waals surface area contributed by atoms with Gasteiger partial charge in [0.25, 0.3) is 0 Å². The van der Waals surface area contributed by atoms with Crippen LogP contribution in [0.2, 0.25) is 0 Å². The van der Waals surface area contributed by atoms with Gasteiger partial charge in [-0.25, -0.2) is 8.42 Å². The van der Waals surface area contributed by atoms with Crippen molar-refractivity contribution in [3.8, 4) is 0 Å². The number of carbonyl (C=O) groups is 1. The van der Waals surface area contributed by atoms with E-state index < -0.39 is 9.84 Å². The standard InChI is InChI=1S/C18H28N2O3S2/c1-4-13-25(22,23)17-8-6-5-7-16(17)24-14(2)18(21)20(3)15-9-11-19-12-10-15/h5-8,14-15,19H,4,9-13H2,1-3H3. The van der Waals surface area contributed by atoms with Crippen molar-refractivity contribution < 1.29 is 13.2 Å². The first kappa shape index (κ1) is 20.3. The maximum absolute atomic E-state index is 12.8. The molecule has 0 spiro atoms. The second-order valence-corrected chi connectivity index (χ2v) is 9.92. The largest absolute Gasteiger partial charge is 0.342 e. The molecule has 0 saturated carbocycles. The van der Waals surface area contributed by atoms with Gasteiger partial charge in [0.15, 0.2) is 9.84 Å². The van der Waals surface area contributed by atoms with Crippen LogP contribution in [0.1, 0.15) is 33.1 Å². The average Bonchev–Trinajstić information content (AvgIpc) is 2.61. The first-order valence-electron chi connectivity index (χ1n) is 8.82. The molecule has 0 bridgehead atoms. The minimum atomic E-state index is -3.31. The molecule has 0 aromatic heterocycles. The summed E-state index contributed by atoms with van der Waals surface area (Å²) in [4.78, 5) is 15.6. The molecule has 140 valence electrons. The van der Waals surface area contributed by atoms with E-state index in [0.29, 0.717) is 16.2 Å². The lowest BCUT2D eigenvalue weighted by atomic mass is 10.1. The molecule has 1 atom stereocenters. The van der Waals surface area contributed by atoms with E-state index in [1.807, 2.05) is 31.9 Å². The van der Waals surface area contributed by atoms with Gasteiger partial charge in [0, 0.05) is 18.0 Å². The maximum Gasteiger partial charge on any atom is 0.235 e. The monoisotopic (exact) mass is 384 g/mol. The average molecular weight is 385 g/mol. The SMILES string of the molecule is CCCS(=O)(=O)c1ccccc1SC(C)C(=O)N(C)C1CCNCC1. The highest BCUT2D eigenvalue weighted by atomic mass is 32.2. The number of benzene rings is 1. The van der Waals surface area contributed by atoms with Crippen LogP contribution in [0.15, 0.2) is 34.1 Å². The third-order valence-electron chi connectivity index (χ3n) is 4.51. The molecule has 1 heterocycles. The van der Waals surface area contributed by atoms with E-state index in [0.717, 1.165) is 25.9 Å². The summed E-state index contributed by atoms with van der Waals surface area (Å²) in [5.74, 6) is 0.182. The Morgan fingerprint density at radius 1 is 1.32 bits per heavy atom. The Bertz CT molecular complexity index is 685. The highest BCUT2D eigenvalue weighted by Crippen LogP contribution is 2.31. The Kier molecular flexibility index (Phi) is 7.34. The Morgan fingerprint density at radius 2 is 1.96 bits per heavy atom. The number of nitrogens with one attached hydrogen (secondary N) is 1. The van der Waals surface area contributed by atoms with Crippen LogP contribution < -0.4 is 5.32 Å². The lowest BCUT2D eigenvalue weighted by Gasteiger charge is -2.33. The molecular formula is C18H28N2O3S2. The molecule has 1 aromatic carbocycles. The molecule has 1 amide bonds. The summed E-state index contributed by atoms with van der Waals surface area (Å²) >= 11 is 1.34. The van der Waals surface area contributed by atoms with Gasteiger partial charge < -0.3 is 10.2 Å². The molecule has 0 aliphatic carbocycles. The zero-order valence-electron chi connectivity index (χ0n) is 15.2. The summed E-state index contributed by atoms with van der Waals surface area (Å²) < 4.78 is 24.9. The van der Waals surface area contributed by atoms with Crippen molar-refractivity contribution in [2.75, 3.05) is 25.9 Å². The van der Waals surface area contributed by atoms with Gasteiger partial charge in [-0.2, -0.15) is 0 Å². The van der Waals surface area contributed by atoms with Gasteiger partial charge in [-0.1, -0.05) is 19.1 Å². The first-order chi connectivity index (χ1) is 11.9. The van der Waals surface area contributed by atoms with Crippen LogP contribution in [0.5, 0.6) is 0 Å². The third kappa shape index (κ3) is 5.21. The molecule has 25 heavy (non-hydrogen) atoms.